The highest BCUT2D eigenvalue weighted by molar-refractivity contribution is 9.10. The van der Waals surface area contributed by atoms with E-state index in [0.29, 0.717) is 16.8 Å². The molecule has 3 rings (SSSR count). The summed E-state index contributed by atoms with van der Waals surface area (Å²) in [5.74, 6) is -0.0204. The number of rotatable bonds is 4. The Morgan fingerprint density at radius 2 is 1.96 bits per heavy atom. The lowest BCUT2D eigenvalue weighted by atomic mass is 10.1. The molecule has 0 spiro atoms. The number of aryl methyl sites for hydroxylation is 2. The SMILES string of the molecule is CC(=O)c1cccc(N=Cc2c(C)[nH]n(-c3ccc(Br)cc3C)c2=O)c1. The van der Waals surface area contributed by atoms with Gasteiger partial charge in [-0.2, -0.15) is 0 Å². The van der Waals surface area contributed by atoms with Gasteiger partial charge in [0.05, 0.1) is 16.9 Å². The predicted octanol–water partition coefficient (Wildman–Crippen LogP) is 4.50. The molecule has 132 valence electrons. The van der Waals surface area contributed by atoms with Gasteiger partial charge in [0.2, 0.25) is 0 Å². The van der Waals surface area contributed by atoms with Crippen molar-refractivity contribution < 1.29 is 4.79 Å². The number of aromatic nitrogens is 2. The van der Waals surface area contributed by atoms with Crippen LogP contribution < -0.4 is 5.56 Å². The topological polar surface area (TPSA) is 67.2 Å². The standard InChI is InChI=1S/C20H18BrN3O2/c1-12-9-16(21)7-8-19(12)24-20(26)18(13(2)23-24)11-22-17-6-4-5-15(10-17)14(3)25/h4-11,23H,1-3H3. The number of ketones is 1. The van der Waals surface area contributed by atoms with Crippen molar-refractivity contribution in [2.45, 2.75) is 20.8 Å². The second-order valence-corrected chi connectivity index (χ2v) is 7.00. The lowest BCUT2D eigenvalue weighted by Crippen LogP contribution is -2.18. The number of carbonyl (C=O) groups is 1. The van der Waals surface area contributed by atoms with Crippen molar-refractivity contribution in [2.24, 2.45) is 4.99 Å². The molecule has 1 heterocycles. The van der Waals surface area contributed by atoms with Crippen molar-refractivity contribution in [1.82, 2.24) is 9.78 Å². The van der Waals surface area contributed by atoms with Gasteiger partial charge in [-0.25, -0.2) is 4.68 Å². The summed E-state index contributed by atoms with van der Waals surface area (Å²) in [6.07, 6.45) is 1.54. The summed E-state index contributed by atoms with van der Waals surface area (Å²) in [4.78, 5) is 28.6. The first-order valence-electron chi connectivity index (χ1n) is 8.10. The number of hydrogen-bond donors (Lipinski definition) is 1. The van der Waals surface area contributed by atoms with Crippen LogP contribution >= 0.6 is 15.9 Å². The number of H-pyrrole nitrogens is 1. The second kappa shape index (κ2) is 7.25. The fourth-order valence-electron chi connectivity index (χ4n) is 2.70. The molecule has 5 nitrogen and oxygen atoms in total. The van der Waals surface area contributed by atoms with Crippen LogP contribution in [-0.4, -0.2) is 21.8 Å². The molecular weight excluding hydrogens is 394 g/mol. The molecule has 0 unspecified atom stereocenters. The van der Waals surface area contributed by atoms with Gasteiger partial charge in [-0.3, -0.25) is 19.7 Å². The molecule has 1 N–H and O–H groups in total. The maximum absolute atomic E-state index is 12.8. The summed E-state index contributed by atoms with van der Waals surface area (Å²) in [7, 11) is 0. The molecule has 0 aliphatic heterocycles. The minimum Gasteiger partial charge on any atom is -0.295 e. The third kappa shape index (κ3) is 3.60. The molecule has 6 heteroatoms. The van der Waals surface area contributed by atoms with Crippen molar-refractivity contribution in [3.63, 3.8) is 0 Å². The maximum atomic E-state index is 12.8. The van der Waals surface area contributed by atoms with Gasteiger partial charge in [0.25, 0.3) is 5.56 Å². The summed E-state index contributed by atoms with van der Waals surface area (Å²) >= 11 is 3.43. The number of aromatic amines is 1. The van der Waals surface area contributed by atoms with Crippen LogP contribution in [0.2, 0.25) is 0 Å². The molecule has 3 aromatic rings. The summed E-state index contributed by atoms with van der Waals surface area (Å²) in [5, 5.41) is 3.10. The van der Waals surface area contributed by atoms with Gasteiger partial charge in [0.1, 0.15) is 0 Å². The third-order valence-electron chi connectivity index (χ3n) is 4.11. The zero-order valence-corrected chi connectivity index (χ0v) is 16.3. The fourth-order valence-corrected chi connectivity index (χ4v) is 3.17. The molecule has 0 radical (unpaired) electrons. The Hall–Kier alpha value is -2.73. The molecule has 0 saturated heterocycles. The highest BCUT2D eigenvalue weighted by Gasteiger charge is 2.12. The second-order valence-electron chi connectivity index (χ2n) is 6.09. The third-order valence-corrected chi connectivity index (χ3v) is 4.61. The molecular formula is C20H18BrN3O2. The van der Waals surface area contributed by atoms with Crippen molar-refractivity contribution in [1.29, 1.82) is 0 Å². The first kappa shape index (κ1) is 18.1. The van der Waals surface area contributed by atoms with Crippen molar-refractivity contribution in [3.05, 3.63) is 79.7 Å². The zero-order chi connectivity index (χ0) is 18.8. The average Bonchev–Trinajstić information content (AvgIpc) is 2.87. The molecule has 0 amide bonds. The summed E-state index contributed by atoms with van der Waals surface area (Å²) < 4.78 is 2.48. The zero-order valence-electron chi connectivity index (χ0n) is 14.7. The number of halogens is 1. The van der Waals surface area contributed by atoms with Gasteiger partial charge in [-0.05, 0) is 56.7 Å². The van der Waals surface area contributed by atoms with Crippen LogP contribution in [-0.2, 0) is 0 Å². The lowest BCUT2D eigenvalue weighted by Gasteiger charge is -2.06. The summed E-state index contributed by atoms with van der Waals surface area (Å²) in [6.45, 7) is 5.29. The molecule has 0 bridgehead atoms. The van der Waals surface area contributed by atoms with Crippen molar-refractivity contribution in [2.75, 3.05) is 0 Å². The highest BCUT2D eigenvalue weighted by atomic mass is 79.9. The van der Waals surface area contributed by atoms with E-state index in [4.69, 9.17) is 0 Å². The van der Waals surface area contributed by atoms with E-state index in [1.807, 2.05) is 32.0 Å². The molecule has 0 fully saturated rings. The largest absolute Gasteiger partial charge is 0.295 e. The summed E-state index contributed by atoms with van der Waals surface area (Å²) in [6, 6.07) is 12.8. The number of nitrogens with zero attached hydrogens (tertiary/aromatic N) is 2. The molecule has 0 saturated carbocycles. The fraction of sp³-hybridized carbons (Fsp3) is 0.150. The minimum absolute atomic E-state index is 0.0204. The van der Waals surface area contributed by atoms with E-state index in [0.717, 1.165) is 21.4 Å². The van der Waals surface area contributed by atoms with E-state index in [9.17, 15) is 9.59 Å². The number of hydrogen-bond acceptors (Lipinski definition) is 3. The Morgan fingerprint density at radius 3 is 2.65 bits per heavy atom. The van der Waals surface area contributed by atoms with E-state index in [2.05, 4.69) is 26.0 Å². The van der Waals surface area contributed by atoms with Gasteiger partial charge in [-0.1, -0.05) is 28.1 Å². The van der Waals surface area contributed by atoms with E-state index >= 15 is 0 Å². The Bertz CT molecular complexity index is 1080. The Balaban J connectivity index is 2.00. The van der Waals surface area contributed by atoms with Crippen LogP contribution in [0.4, 0.5) is 5.69 Å². The van der Waals surface area contributed by atoms with E-state index < -0.39 is 0 Å². The number of Topliss-reactive ketones (excluding diaryl/α,β-unsaturated/α-hetero) is 1. The maximum Gasteiger partial charge on any atom is 0.280 e. The Morgan fingerprint density at radius 1 is 1.19 bits per heavy atom. The highest BCUT2D eigenvalue weighted by Crippen LogP contribution is 2.19. The van der Waals surface area contributed by atoms with Crippen LogP contribution in [0.3, 0.4) is 0 Å². The molecule has 0 aliphatic carbocycles. The number of carbonyl (C=O) groups excluding carboxylic acids is 1. The van der Waals surface area contributed by atoms with E-state index in [1.54, 1.807) is 24.3 Å². The monoisotopic (exact) mass is 411 g/mol. The average molecular weight is 412 g/mol. The van der Waals surface area contributed by atoms with Gasteiger partial charge in [-0.15, -0.1) is 0 Å². The van der Waals surface area contributed by atoms with Gasteiger partial charge < -0.3 is 0 Å². The predicted molar refractivity (Wildman–Crippen MR) is 107 cm³/mol. The summed E-state index contributed by atoms with van der Waals surface area (Å²) in [5.41, 5.74) is 4.03. The van der Waals surface area contributed by atoms with Gasteiger partial charge >= 0.3 is 0 Å². The van der Waals surface area contributed by atoms with Crippen LogP contribution in [0.15, 0.2) is 56.7 Å². The Kier molecular flexibility index (Phi) is 5.04. The quantitative estimate of drug-likeness (QED) is 0.507. The molecule has 26 heavy (non-hydrogen) atoms. The normalized spacial score (nSPS) is 11.2. The van der Waals surface area contributed by atoms with Gasteiger partial charge in [0.15, 0.2) is 5.78 Å². The minimum atomic E-state index is -0.167. The van der Waals surface area contributed by atoms with E-state index in [1.165, 1.54) is 17.8 Å². The first-order chi connectivity index (χ1) is 12.4. The first-order valence-corrected chi connectivity index (χ1v) is 8.89. The molecule has 0 aliphatic rings. The smallest absolute Gasteiger partial charge is 0.280 e. The Labute approximate surface area is 159 Å². The van der Waals surface area contributed by atoms with Crippen LogP contribution in [0.5, 0.6) is 0 Å². The molecule has 0 atom stereocenters. The van der Waals surface area contributed by atoms with Crippen LogP contribution in [0.1, 0.15) is 34.1 Å². The van der Waals surface area contributed by atoms with E-state index in [-0.39, 0.29) is 11.3 Å². The van der Waals surface area contributed by atoms with Crippen LogP contribution in [0.25, 0.3) is 5.69 Å². The van der Waals surface area contributed by atoms with Crippen molar-refractivity contribution >= 4 is 33.6 Å². The lowest BCUT2D eigenvalue weighted by molar-refractivity contribution is 0.101. The number of benzene rings is 2. The number of aliphatic imine (C=N–C) groups is 1. The van der Waals surface area contributed by atoms with Crippen molar-refractivity contribution in [3.8, 4) is 5.69 Å². The number of nitrogens with one attached hydrogen (secondary N) is 1. The molecule has 2 aromatic carbocycles. The van der Waals surface area contributed by atoms with Crippen LogP contribution in [0, 0.1) is 13.8 Å². The molecule has 1 aromatic heterocycles. The van der Waals surface area contributed by atoms with Gasteiger partial charge in [0, 0.05) is 21.9 Å².